The molecule has 0 bridgehead atoms. The van der Waals surface area contributed by atoms with E-state index in [-0.39, 0.29) is 18.8 Å². The molecule has 6 heteroatoms. The van der Waals surface area contributed by atoms with Crippen LogP contribution in [0.2, 0.25) is 0 Å². The Hall–Kier alpha value is 0.0525. The average Bonchev–Trinajstić information content (AvgIpc) is 1.00. The van der Waals surface area contributed by atoms with Gasteiger partial charge in [-0.05, 0) is 0 Å². The first kappa shape index (κ1) is 139. The zero-order chi connectivity index (χ0) is 2.00. The quantitative estimate of drug-likeness (QED) is 0.457. The predicted molar refractivity (Wildman–Crippen MR) is 10.7 cm³/mol. The van der Waals surface area contributed by atoms with Crippen LogP contribution in [0.25, 0.3) is 0 Å². The number of rotatable bonds is 0. The molecule has 6 heavy (non-hydrogen) atoms. The van der Waals surface area contributed by atoms with Crippen LogP contribution in [0.5, 0.6) is 0 Å². The van der Waals surface area contributed by atoms with Gasteiger partial charge in [-0.15, -0.1) is 0 Å². The second kappa shape index (κ2) is 30100. The van der Waals surface area contributed by atoms with Crippen molar-refractivity contribution in [2.45, 2.75) is 0 Å². The van der Waals surface area contributed by atoms with Crippen molar-refractivity contribution in [1.82, 2.24) is 0 Å². The monoisotopic (exact) mass is 148 g/mol. The maximum atomic E-state index is 8.12. The van der Waals surface area contributed by atoms with Crippen LogP contribution in [0, 0.1) is 0 Å². The fourth-order valence-electron chi connectivity index (χ4n) is 0. The summed E-state index contributed by atoms with van der Waals surface area (Å²) in [6.07, 6.45) is 0. The molecule has 0 N–H and O–H groups in total. The molecule has 0 aliphatic heterocycles. The van der Waals surface area contributed by atoms with E-state index in [2.05, 4.69) is 0 Å². The van der Waals surface area contributed by atoms with Crippen molar-refractivity contribution < 1.29 is 38.8 Å². The van der Waals surface area contributed by atoms with E-state index < -0.39 is 0 Å². The third kappa shape index (κ3) is 13700. The molecule has 0 rings (SSSR count). The second-order valence-electron chi connectivity index (χ2n) is 0. The fraction of sp³-hybridized carbons (Fsp3) is 0. The van der Waals surface area contributed by atoms with Crippen LogP contribution in [0.4, 0.5) is 18.8 Å². The van der Waals surface area contributed by atoms with E-state index in [1.807, 2.05) is 0 Å². The van der Waals surface area contributed by atoms with E-state index in [0.29, 0.717) is 0 Å². The van der Waals surface area contributed by atoms with E-state index in [4.69, 9.17) is 3.80 Å². The Kier molecular flexibility index (Phi) is 701000. The number of hydrogen-bond acceptors (Lipinski definition) is 1. The molecule has 0 spiro atoms. The molecular weight excluding hydrogens is 144 g/mol. The zero-order valence-electron chi connectivity index (χ0n) is 2.45. The Morgan fingerprint density at radius 2 is 0.667 bits per heavy atom. The molecule has 0 aromatic rings. The summed E-state index contributed by atoms with van der Waals surface area (Å²) in [5, 5.41) is 0. The van der Waals surface area contributed by atoms with Crippen molar-refractivity contribution in [3.05, 3.63) is 0 Å². The van der Waals surface area contributed by atoms with Crippen molar-refractivity contribution in [2.75, 3.05) is 0 Å². The van der Waals surface area contributed by atoms with Gasteiger partial charge in [0.05, 0.1) is 0 Å². The summed E-state index contributed by atoms with van der Waals surface area (Å²) in [6, 6.07) is 0. The van der Waals surface area contributed by atoms with Gasteiger partial charge >= 0.3 is 20.0 Å². The van der Waals surface area contributed by atoms with Crippen LogP contribution in [-0.4, -0.2) is 0 Å². The molecule has 0 aliphatic carbocycles. The van der Waals surface area contributed by atoms with Crippen molar-refractivity contribution >= 4 is 0 Å². The minimum absolute atomic E-state index is 0. The van der Waals surface area contributed by atoms with Gasteiger partial charge in [0.2, 0.25) is 0 Å². The predicted octanol–water partition coefficient (Wildman–Crippen LogP) is 0.489. The van der Waals surface area contributed by atoms with Crippen LogP contribution in [0.15, 0.2) is 0 Å². The van der Waals surface area contributed by atoms with Gasteiger partial charge in [0.1, 0.15) is 0 Å². The van der Waals surface area contributed by atoms with Crippen molar-refractivity contribution in [3.8, 4) is 0 Å². The molecule has 44 valence electrons. The molecule has 0 unspecified atom stereocenters. The molecule has 0 aromatic carbocycles. The zero-order valence-corrected chi connectivity index (χ0v) is 3.72. The third-order valence-corrected chi connectivity index (χ3v) is 0. The van der Waals surface area contributed by atoms with Crippen molar-refractivity contribution in [3.63, 3.8) is 0 Å². The summed E-state index contributed by atoms with van der Waals surface area (Å²) in [4.78, 5) is 0. The summed E-state index contributed by atoms with van der Waals surface area (Å²) in [5.41, 5.74) is 0. The summed E-state index contributed by atoms with van der Waals surface area (Å²) < 4.78 is 8.12. The first-order chi connectivity index (χ1) is 1.00. The van der Waals surface area contributed by atoms with Gasteiger partial charge < -0.3 is 0 Å². The molecule has 0 radical (unpaired) electrons. The first-order valence-corrected chi connectivity index (χ1v) is 0.687. The molecule has 0 atom stereocenters. The standard InChI is InChI=1S/Cr.4FH.O/h;4*1H;. The van der Waals surface area contributed by atoms with E-state index in [0.717, 1.165) is 0 Å². The van der Waals surface area contributed by atoms with Gasteiger partial charge in [0, 0.05) is 0 Å². The van der Waals surface area contributed by atoms with Crippen molar-refractivity contribution in [2.24, 2.45) is 0 Å². The van der Waals surface area contributed by atoms with E-state index >= 15 is 0 Å². The van der Waals surface area contributed by atoms with Crippen LogP contribution < -0.4 is 0 Å². The molecule has 0 amide bonds. The molecular formula is H4CrF4O. The second-order valence-corrected chi connectivity index (χ2v) is 0. The minimum atomic E-state index is 0. The van der Waals surface area contributed by atoms with Gasteiger partial charge in [-0.2, -0.15) is 0 Å². The Balaban J connectivity index is -0.000000000833. The molecule has 0 aliphatic rings. The fourth-order valence-corrected chi connectivity index (χ4v) is 0. The summed E-state index contributed by atoms with van der Waals surface area (Å²) in [7, 11) is 0. The Morgan fingerprint density at radius 3 is 0.667 bits per heavy atom. The Bertz CT molecular complexity index is 7.51. The average molecular weight is 148 g/mol. The molecule has 0 heterocycles. The molecule has 0 saturated heterocycles. The van der Waals surface area contributed by atoms with Gasteiger partial charge in [-0.25, -0.2) is 0 Å². The number of halogens is 4. The van der Waals surface area contributed by atoms with E-state index in [1.165, 1.54) is 16.2 Å². The summed E-state index contributed by atoms with van der Waals surface area (Å²) in [6.45, 7) is 0. The van der Waals surface area contributed by atoms with Gasteiger partial charge in [0.25, 0.3) is 0 Å². The van der Waals surface area contributed by atoms with Crippen LogP contribution in [-0.2, 0) is 20.0 Å². The topological polar surface area (TPSA) is 17.1 Å². The normalized spacial score (nSPS) is 0.667. The molecule has 0 fully saturated rings. The van der Waals surface area contributed by atoms with Gasteiger partial charge in [-0.1, -0.05) is 0 Å². The first-order valence-electron chi connectivity index (χ1n) is 0.167. The SMILES string of the molecule is F.F.F.F.[O]=[Cr]. The molecule has 0 saturated carbocycles. The van der Waals surface area contributed by atoms with E-state index in [9.17, 15) is 0 Å². The van der Waals surface area contributed by atoms with Gasteiger partial charge in [0.15, 0.2) is 0 Å². The maximum absolute atomic E-state index is 8.12. The Labute approximate surface area is 39.8 Å². The third-order valence-electron chi connectivity index (χ3n) is 0. The number of hydrogen-bond donors (Lipinski definition) is 0. The van der Waals surface area contributed by atoms with Crippen LogP contribution >= 0.6 is 0 Å². The van der Waals surface area contributed by atoms with Crippen LogP contribution in [0.3, 0.4) is 0 Å². The molecule has 1 nitrogen and oxygen atoms in total. The summed E-state index contributed by atoms with van der Waals surface area (Å²) in [5.74, 6) is 0. The van der Waals surface area contributed by atoms with Crippen LogP contribution in [0.1, 0.15) is 0 Å². The Morgan fingerprint density at radius 1 is 0.667 bits per heavy atom. The van der Waals surface area contributed by atoms with Crippen molar-refractivity contribution in [1.29, 1.82) is 0 Å². The van der Waals surface area contributed by atoms with Gasteiger partial charge in [-0.3, -0.25) is 18.8 Å². The van der Waals surface area contributed by atoms with E-state index in [1.54, 1.807) is 0 Å². The molecule has 0 aromatic heterocycles. The summed E-state index contributed by atoms with van der Waals surface area (Å²) >= 11 is 1.38.